The summed E-state index contributed by atoms with van der Waals surface area (Å²) in [6.07, 6.45) is 4.51. The van der Waals surface area contributed by atoms with Gasteiger partial charge in [0, 0.05) is 38.0 Å². The number of carboxylic acids is 2. The molecule has 0 bridgehead atoms. The molecule has 3 rings (SSSR count). The number of nitrogens with zero attached hydrogens (tertiary/aromatic N) is 3. The lowest BCUT2D eigenvalue weighted by atomic mass is 10.3. The fourth-order valence-electron chi connectivity index (χ4n) is 2.04. The maximum atomic E-state index is 10.6. The first-order chi connectivity index (χ1) is 16.5. The molecule has 0 fully saturated rings. The van der Waals surface area contributed by atoms with E-state index in [1.165, 1.54) is 56.7 Å². The Morgan fingerprint density at radius 1 is 0.743 bits per heavy atom. The smallest absolute Gasteiger partial charge is 0.337 e. The Bertz CT molecular complexity index is 1160. The third-order valence-corrected chi connectivity index (χ3v) is 3.57. The molecular formula is C22H22N6O7. The second-order valence-electron chi connectivity index (χ2n) is 6.47. The van der Waals surface area contributed by atoms with E-state index in [0.29, 0.717) is 29.3 Å². The zero-order valence-electron chi connectivity index (χ0n) is 18.6. The van der Waals surface area contributed by atoms with Crippen LogP contribution in [-0.4, -0.2) is 55.2 Å². The predicted molar refractivity (Wildman–Crippen MR) is 125 cm³/mol. The maximum Gasteiger partial charge on any atom is 0.337 e. The predicted octanol–water partition coefficient (Wildman–Crippen LogP) is 1.95. The van der Waals surface area contributed by atoms with Gasteiger partial charge in [-0.05, 0) is 36.4 Å². The highest BCUT2D eigenvalue weighted by Gasteiger charge is 2.03. The van der Waals surface area contributed by atoms with E-state index in [4.69, 9.17) is 15.9 Å². The summed E-state index contributed by atoms with van der Waals surface area (Å²) in [6.45, 7) is 2.75. The number of nitrogens with two attached hydrogens (primary N) is 1. The van der Waals surface area contributed by atoms with Crippen LogP contribution in [0.5, 0.6) is 0 Å². The number of aromatic carboxylic acids is 2. The lowest BCUT2D eigenvalue weighted by molar-refractivity contribution is -0.115. The highest BCUT2D eigenvalue weighted by molar-refractivity contribution is 5.90. The van der Waals surface area contributed by atoms with Crippen LogP contribution in [0.1, 0.15) is 44.9 Å². The fraction of sp³-hybridized carbons (Fsp3) is 0.0909. The Hall–Kier alpha value is -5.20. The molecular weight excluding hydrogens is 460 g/mol. The molecule has 0 saturated heterocycles. The van der Waals surface area contributed by atoms with Gasteiger partial charge >= 0.3 is 11.9 Å². The molecule has 6 N–H and O–H groups in total. The number of carbonyl (C=O) groups is 5. The highest BCUT2D eigenvalue weighted by Crippen LogP contribution is 2.04. The van der Waals surface area contributed by atoms with Gasteiger partial charge in [-0.3, -0.25) is 14.4 Å². The van der Waals surface area contributed by atoms with Crippen LogP contribution >= 0.6 is 0 Å². The molecule has 0 aliphatic rings. The molecule has 13 heteroatoms. The number of carboxylic acid groups (broad SMARTS) is 2. The summed E-state index contributed by atoms with van der Waals surface area (Å²) in [6, 6.07) is 8.83. The van der Waals surface area contributed by atoms with Gasteiger partial charge in [-0.1, -0.05) is 0 Å². The molecule has 3 heterocycles. The summed E-state index contributed by atoms with van der Waals surface area (Å²) < 4.78 is 0. The topological polar surface area (TPSA) is 215 Å². The molecule has 35 heavy (non-hydrogen) atoms. The second kappa shape index (κ2) is 14.1. The minimum Gasteiger partial charge on any atom is -0.478 e. The summed E-state index contributed by atoms with van der Waals surface area (Å²) in [7, 11) is 0. The van der Waals surface area contributed by atoms with Gasteiger partial charge in [0.15, 0.2) is 6.29 Å². The third-order valence-electron chi connectivity index (χ3n) is 3.57. The van der Waals surface area contributed by atoms with Crippen molar-refractivity contribution >= 4 is 47.5 Å². The molecule has 3 aromatic rings. The summed E-state index contributed by atoms with van der Waals surface area (Å²) in [5.41, 5.74) is 5.95. The van der Waals surface area contributed by atoms with Gasteiger partial charge < -0.3 is 26.6 Å². The maximum absolute atomic E-state index is 10.6. The second-order valence-corrected chi connectivity index (χ2v) is 6.47. The van der Waals surface area contributed by atoms with Crippen LogP contribution in [0.2, 0.25) is 0 Å². The third kappa shape index (κ3) is 11.3. The largest absolute Gasteiger partial charge is 0.478 e. The lowest BCUT2D eigenvalue weighted by Gasteiger charge is -1.99. The number of rotatable bonds is 5. The fourth-order valence-corrected chi connectivity index (χ4v) is 2.04. The Morgan fingerprint density at radius 3 is 1.51 bits per heavy atom. The van der Waals surface area contributed by atoms with Crippen LogP contribution in [-0.2, 0) is 9.59 Å². The van der Waals surface area contributed by atoms with Crippen molar-refractivity contribution in [3.05, 3.63) is 71.7 Å². The van der Waals surface area contributed by atoms with Crippen LogP contribution in [0.15, 0.2) is 55.0 Å². The minimum atomic E-state index is -1.04. The molecule has 0 aromatic carbocycles. The number of anilines is 3. The van der Waals surface area contributed by atoms with Gasteiger partial charge in [0.2, 0.25) is 11.8 Å². The molecule has 2 amide bonds. The van der Waals surface area contributed by atoms with Gasteiger partial charge in [-0.25, -0.2) is 24.5 Å². The normalized spacial score (nSPS) is 9.20. The van der Waals surface area contributed by atoms with Crippen LogP contribution in [0.25, 0.3) is 0 Å². The van der Waals surface area contributed by atoms with Gasteiger partial charge in [0.1, 0.15) is 17.5 Å². The zero-order chi connectivity index (χ0) is 26.4. The van der Waals surface area contributed by atoms with Crippen LogP contribution in [0, 0.1) is 0 Å². The minimum absolute atomic E-state index is 0.0918. The molecule has 0 aliphatic heterocycles. The molecule has 0 saturated carbocycles. The highest BCUT2D eigenvalue weighted by atomic mass is 16.4. The first kappa shape index (κ1) is 27.8. The summed E-state index contributed by atoms with van der Waals surface area (Å²) >= 11 is 0. The summed E-state index contributed by atoms with van der Waals surface area (Å²) in [5.74, 6) is -1.33. The Morgan fingerprint density at radius 2 is 1.20 bits per heavy atom. The van der Waals surface area contributed by atoms with E-state index in [1.807, 2.05) is 0 Å². The number of pyridine rings is 3. The average Bonchev–Trinajstić information content (AvgIpc) is 2.80. The molecule has 0 aliphatic carbocycles. The van der Waals surface area contributed by atoms with Gasteiger partial charge in [0.05, 0.1) is 11.1 Å². The molecule has 3 aromatic heterocycles. The standard InChI is InChI=1S/C8H8N2O3.C8H8N2O2.C6H6N2O2/c1-5(11)10-7-3-2-6(4-9-7)8(12)13;1-6(12)10-8-3-2-7(5-11)4-9-8;7-5-2-1-4(3-8-5)6(9)10/h2-4H,1H3,(H,12,13)(H,9,10,11);2-5H,1H3,(H,9,10,12);1-3H,(H2,7,8)(H,9,10). The molecule has 0 spiro atoms. The van der Waals surface area contributed by atoms with Crippen molar-refractivity contribution < 1.29 is 34.2 Å². The zero-order valence-corrected chi connectivity index (χ0v) is 18.6. The lowest BCUT2D eigenvalue weighted by Crippen LogP contribution is -2.07. The number of nitrogen functional groups attached to an aromatic ring is 1. The molecule has 182 valence electrons. The van der Waals surface area contributed by atoms with E-state index in [9.17, 15) is 24.0 Å². The number of hydrogen-bond acceptors (Lipinski definition) is 9. The van der Waals surface area contributed by atoms with Crippen molar-refractivity contribution in [1.82, 2.24) is 15.0 Å². The van der Waals surface area contributed by atoms with Crippen LogP contribution in [0.4, 0.5) is 17.5 Å². The quantitative estimate of drug-likeness (QED) is 0.331. The van der Waals surface area contributed by atoms with Crippen molar-refractivity contribution in [3.63, 3.8) is 0 Å². The van der Waals surface area contributed by atoms with Crippen LogP contribution < -0.4 is 16.4 Å². The van der Waals surface area contributed by atoms with E-state index in [1.54, 1.807) is 12.1 Å². The number of carbonyl (C=O) groups excluding carboxylic acids is 3. The molecule has 13 nitrogen and oxygen atoms in total. The number of aldehydes is 1. The van der Waals surface area contributed by atoms with Crippen molar-refractivity contribution in [1.29, 1.82) is 0 Å². The average molecular weight is 482 g/mol. The Labute approximate surface area is 199 Å². The number of nitrogens with one attached hydrogen (secondary N) is 2. The monoisotopic (exact) mass is 482 g/mol. The van der Waals surface area contributed by atoms with Gasteiger partial charge in [-0.15, -0.1) is 0 Å². The van der Waals surface area contributed by atoms with E-state index in [2.05, 4.69) is 25.6 Å². The van der Waals surface area contributed by atoms with Crippen LogP contribution in [0.3, 0.4) is 0 Å². The molecule has 0 unspecified atom stereocenters. The summed E-state index contributed by atoms with van der Waals surface area (Å²) in [4.78, 5) is 63.1. The number of hydrogen-bond donors (Lipinski definition) is 5. The van der Waals surface area contributed by atoms with E-state index in [0.717, 1.165) is 0 Å². The Kier molecular flexibility index (Phi) is 11.2. The van der Waals surface area contributed by atoms with Crippen molar-refractivity contribution in [2.24, 2.45) is 0 Å². The number of amides is 2. The Balaban J connectivity index is 0.000000265. The first-order valence-electron chi connectivity index (χ1n) is 9.62. The van der Waals surface area contributed by atoms with Crippen molar-refractivity contribution in [3.8, 4) is 0 Å². The van der Waals surface area contributed by atoms with E-state index < -0.39 is 11.9 Å². The molecule has 0 radical (unpaired) electrons. The summed E-state index contributed by atoms with van der Waals surface area (Å²) in [5, 5.41) is 21.8. The first-order valence-corrected chi connectivity index (χ1v) is 9.62. The van der Waals surface area contributed by atoms with E-state index >= 15 is 0 Å². The molecule has 0 atom stereocenters. The van der Waals surface area contributed by atoms with E-state index in [-0.39, 0.29) is 22.9 Å². The van der Waals surface area contributed by atoms with Crippen molar-refractivity contribution in [2.75, 3.05) is 16.4 Å². The number of aromatic nitrogens is 3. The SMILES string of the molecule is CC(=O)Nc1ccc(C(=O)O)cn1.CC(=O)Nc1ccc(C=O)cn1.Nc1ccc(C(=O)O)cn1. The van der Waals surface area contributed by atoms with Gasteiger partial charge in [-0.2, -0.15) is 0 Å². The van der Waals surface area contributed by atoms with Crippen molar-refractivity contribution in [2.45, 2.75) is 13.8 Å². The van der Waals surface area contributed by atoms with Gasteiger partial charge in [0.25, 0.3) is 0 Å².